The molecule has 1 atom stereocenters. The van der Waals surface area contributed by atoms with Crippen LogP contribution in [0.5, 0.6) is 0 Å². The van der Waals surface area contributed by atoms with Crippen LogP contribution in [-0.2, 0) is 11.3 Å². The molecule has 82 valence electrons. The zero-order valence-electron chi connectivity index (χ0n) is 9.15. The number of methoxy groups -OCH3 is 1. The van der Waals surface area contributed by atoms with Crippen molar-refractivity contribution in [2.45, 2.75) is 32.0 Å². The van der Waals surface area contributed by atoms with Gasteiger partial charge in [0.25, 0.3) is 0 Å². The molecule has 1 aromatic rings. The van der Waals surface area contributed by atoms with Crippen LogP contribution >= 0.6 is 0 Å². The maximum Gasteiger partial charge on any atom is 0.0796 e. The molecule has 0 amide bonds. The van der Waals surface area contributed by atoms with Crippen LogP contribution in [0.3, 0.4) is 0 Å². The molecule has 0 saturated heterocycles. The van der Waals surface area contributed by atoms with E-state index in [1.807, 2.05) is 24.3 Å². The van der Waals surface area contributed by atoms with Crippen LogP contribution in [0.1, 0.15) is 36.5 Å². The molecule has 2 rings (SSSR count). The maximum absolute atomic E-state index is 10.1. The van der Waals surface area contributed by atoms with Gasteiger partial charge in [0.15, 0.2) is 0 Å². The Morgan fingerprint density at radius 2 is 2.13 bits per heavy atom. The largest absolute Gasteiger partial charge is 0.388 e. The molecule has 0 bridgehead atoms. The van der Waals surface area contributed by atoms with E-state index in [1.165, 1.54) is 12.8 Å². The number of ether oxygens (including phenoxy) is 1. The predicted octanol–water partition coefficient (Wildman–Crippen LogP) is 2.67. The van der Waals surface area contributed by atoms with Crippen molar-refractivity contribution in [2.24, 2.45) is 5.92 Å². The number of benzene rings is 1. The van der Waals surface area contributed by atoms with Gasteiger partial charge in [0, 0.05) is 7.11 Å². The van der Waals surface area contributed by atoms with Crippen molar-refractivity contribution in [3.63, 3.8) is 0 Å². The lowest BCUT2D eigenvalue weighted by molar-refractivity contribution is 0.149. The van der Waals surface area contributed by atoms with Crippen molar-refractivity contribution in [3.8, 4) is 0 Å². The Morgan fingerprint density at radius 3 is 2.80 bits per heavy atom. The smallest absolute Gasteiger partial charge is 0.0796 e. The Balaban J connectivity index is 2.09. The topological polar surface area (TPSA) is 29.5 Å². The molecular formula is C13H18O2. The van der Waals surface area contributed by atoms with Gasteiger partial charge >= 0.3 is 0 Å². The van der Waals surface area contributed by atoms with E-state index >= 15 is 0 Å². The summed E-state index contributed by atoms with van der Waals surface area (Å²) in [5.74, 6) is 0.746. The SMILES string of the molecule is COCc1ccccc1C(O)CC1CC1. The molecule has 1 aromatic carbocycles. The van der Waals surface area contributed by atoms with Crippen LogP contribution in [0.2, 0.25) is 0 Å². The Hall–Kier alpha value is -0.860. The van der Waals surface area contributed by atoms with Gasteiger partial charge in [0.2, 0.25) is 0 Å². The fourth-order valence-electron chi connectivity index (χ4n) is 1.94. The third-order valence-corrected chi connectivity index (χ3v) is 2.97. The molecule has 0 aromatic heterocycles. The van der Waals surface area contributed by atoms with E-state index in [4.69, 9.17) is 4.74 Å². The minimum Gasteiger partial charge on any atom is -0.388 e. The second kappa shape index (κ2) is 4.77. The van der Waals surface area contributed by atoms with Gasteiger partial charge < -0.3 is 9.84 Å². The van der Waals surface area contributed by atoms with Crippen molar-refractivity contribution in [1.29, 1.82) is 0 Å². The summed E-state index contributed by atoms with van der Waals surface area (Å²) in [4.78, 5) is 0. The molecule has 1 saturated carbocycles. The molecule has 15 heavy (non-hydrogen) atoms. The summed E-state index contributed by atoms with van der Waals surface area (Å²) < 4.78 is 5.13. The average Bonchev–Trinajstić information content (AvgIpc) is 3.03. The molecular weight excluding hydrogens is 188 g/mol. The molecule has 0 heterocycles. The van der Waals surface area contributed by atoms with Crippen molar-refractivity contribution >= 4 is 0 Å². The second-order valence-electron chi connectivity index (χ2n) is 4.33. The van der Waals surface area contributed by atoms with E-state index in [0.717, 1.165) is 23.5 Å². The molecule has 0 aliphatic heterocycles. The molecule has 1 unspecified atom stereocenters. The third-order valence-electron chi connectivity index (χ3n) is 2.97. The fourth-order valence-corrected chi connectivity index (χ4v) is 1.94. The van der Waals surface area contributed by atoms with Gasteiger partial charge in [-0.3, -0.25) is 0 Å². The molecule has 1 N–H and O–H groups in total. The van der Waals surface area contributed by atoms with E-state index in [9.17, 15) is 5.11 Å². The summed E-state index contributed by atoms with van der Waals surface area (Å²) in [6.07, 6.45) is 3.15. The third kappa shape index (κ3) is 2.80. The van der Waals surface area contributed by atoms with Gasteiger partial charge in [-0.05, 0) is 23.5 Å². The Labute approximate surface area is 90.9 Å². The zero-order valence-corrected chi connectivity index (χ0v) is 9.15. The molecule has 1 aliphatic rings. The lowest BCUT2D eigenvalue weighted by atomic mass is 9.99. The van der Waals surface area contributed by atoms with E-state index in [1.54, 1.807) is 7.11 Å². The lowest BCUT2D eigenvalue weighted by Crippen LogP contribution is -2.03. The Morgan fingerprint density at radius 1 is 1.40 bits per heavy atom. The van der Waals surface area contributed by atoms with Crippen LogP contribution in [0.15, 0.2) is 24.3 Å². The fraction of sp³-hybridized carbons (Fsp3) is 0.538. The van der Waals surface area contributed by atoms with Gasteiger partial charge in [-0.15, -0.1) is 0 Å². The average molecular weight is 206 g/mol. The monoisotopic (exact) mass is 206 g/mol. The Kier molecular flexibility index (Phi) is 3.39. The second-order valence-corrected chi connectivity index (χ2v) is 4.33. The van der Waals surface area contributed by atoms with E-state index in [2.05, 4.69) is 0 Å². The van der Waals surface area contributed by atoms with E-state index in [-0.39, 0.29) is 6.10 Å². The highest BCUT2D eigenvalue weighted by atomic mass is 16.5. The van der Waals surface area contributed by atoms with Gasteiger partial charge in [0.05, 0.1) is 12.7 Å². The minimum atomic E-state index is -0.316. The summed E-state index contributed by atoms with van der Waals surface area (Å²) in [7, 11) is 1.68. The normalized spacial score (nSPS) is 17.7. The van der Waals surface area contributed by atoms with Gasteiger partial charge in [0.1, 0.15) is 0 Å². The molecule has 2 heteroatoms. The number of hydrogen-bond donors (Lipinski definition) is 1. The summed E-state index contributed by atoms with van der Waals surface area (Å²) in [5, 5.41) is 10.1. The van der Waals surface area contributed by atoms with Crippen LogP contribution in [0, 0.1) is 5.92 Å². The first kappa shape index (κ1) is 10.7. The van der Waals surface area contributed by atoms with Crippen molar-refractivity contribution < 1.29 is 9.84 Å². The molecule has 1 fully saturated rings. The quantitative estimate of drug-likeness (QED) is 0.802. The minimum absolute atomic E-state index is 0.316. The number of aliphatic hydroxyl groups excluding tert-OH is 1. The van der Waals surface area contributed by atoms with Gasteiger partial charge in [-0.25, -0.2) is 0 Å². The van der Waals surface area contributed by atoms with Crippen molar-refractivity contribution in [2.75, 3.05) is 7.11 Å². The lowest BCUT2D eigenvalue weighted by Gasteiger charge is -2.14. The standard InChI is InChI=1S/C13H18O2/c1-15-9-11-4-2-3-5-12(11)13(14)8-10-6-7-10/h2-5,10,13-14H,6-9H2,1H3. The number of aliphatic hydroxyl groups is 1. The molecule has 0 radical (unpaired) electrons. The van der Waals surface area contributed by atoms with Gasteiger partial charge in [-0.1, -0.05) is 37.1 Å². The molecule has 2 nitrogen and oxygen atoms in total. The summed E-state index contributed by atoms with van der Waals surface area (Å²) in [5.41, 5.74) is 2.14. The summed E-state index contributed by atoms with van der Waals surface area (Å²) in [6.45, 7) is 0.581. The van der Waals surface area contributed by atoms with E-state index in [0.29, 0.717) is 6.61 Å². The zero-order chi connectivity index (χ0) is 10.7. The van der Waals surface area contributed by atoms with Crippen molar-refractivity contribution in [1.82, 2.24) is 0 Å². The predicted molar refractivity (Wildman–Crippen MR) is 59.5 cm³/mol. The summed E-state index contributed by atoms with van der Waals surface area (Å²) in [6, 6.07) is 7.99. The highest BCUT2D eigenvalue weighted by Crippen LogP contribution is 2.38. The van der Waals surface area contributed by atoms with Crippen LogP contribution in [-0.4, -0.2) is 12.2 Å². The van der Waals surface area contributed by atoms with Crippen LogP contribution < -0.4 is 0 Å². The maximum atomic E-state index is 10.1. The van der Waals surface area contributed by atoms with Crippen molar-refractivity contribution in [3.05, 3.63) is 35.4 Å². The number of rotatable bonds is 5. The first-order chi connectivity index (χ1) is 7.31. The first-order valence-electron chi connectivity index (χ1n) is 5.56. The van der Waals surface area contributed by atoms with E-state index < -0.39 is 0 Å². The number of hydrogen-bond acceptors (Lipinski definition) is 2. The summed E-state index contributed by atoms with van der Waals surface area (Å²) >= 11 is 0. The highest BCUT2D eigenvalue weighted by molar-refractivity contribution is 5.28. The Bertz CT molecular complexity index is 318. The highest BCUT2D eigenvalue weighted by Gasteiger charge is 2.25. The molecule has 0 spiro atoms. The first-order valence-corrected chi connectivity index (χ1v) is 5.56. The molecule has 1 aliphatic carbocycles. The van der Waals surface area contributed by atoms with Crippen LogP contribution in [0.4, 0.5) is 0 Å². The van der Waals surface area contributed by atoms with Gasteiger partial charge in [-0.2, -0.15) is 0 Å². The van der Waals surface area contributed by atoms with Crippen LogP contribution in [0.25, 0.3) is 0 Å².